The average Bonchev–Trinajstić information content (AvgIpc) is 2.49. The van der Waals surface area contributed by atoms with Crippen molar-refractivity contribution in [3.8, 4) is 5.75 Å². The minimum atomic E-state index is -3.16. The summed E-state index contributed by atoms with van der Waals surface area (Å²) in [6, 6.07) is 8.04. The minimum Gasteiger partial charge on any atom is -0.493 e. The second-order valence-corrected chi connectivity index (χ2v) is 6.87. The van der Waals surface area contributed by atoms with Crippen molar-refractivity contribution in [3.05, 3.63) is 29.8 Å². The van der Waals surface area contributed by atoms with Gasteiger partial charge in [-0.05, 0) is 6.07 Å². The first-order valence-corrected chi connectivity index (χ1v) is 9.02. The summed E-state index contributed by atoms with van der Waals surface area (Å²) in [7, 11) is -1.48. The van der Waals surface area contributed by atoms with E-state index in [4.69, 9.17) is 4.74 Å². The maximum absolute atomic E-state index is 11.0. The van der Waals surface area contributed by atoms with Gasteiger partial charge in [-0.3, -0.25) is 4.99 Å². The highest BCUT2D eigenvalue weighted by molar-refractivity contribution is 7.88. The highest BCUT2D eigenvalue weighted by Crippen LogP contribution is 2.31. The van der Waals surface area contributed by atoms with Crippen LogP contribution >= 0.6 is 0 Å². The molecule has 0 saturated heterocycles. The summed E-state index contributed by atoms with van der Waals surface area (Å²) >= 11 is 0. The van der Waals surface area contributed by atoms with Crippen molar-refractivity contribution < 1.29 is 13.2 Å². The van der Waals surface area contributed by atoms with Crippen molar-refractivity contribution in [2.45, 2.75) is 12.5 Å². The molecular formula is C14H22N4O3S. The van der Waals surface area contributed by atoms with Gasteiger partial charge in [-0.15, -0.1) is 0 Å². The molecule has 1 aliphatic rings. The predicted molar refractivity (Wildman–Crippen MR) is 86.6 cm³/mol. The molecule has 1 aromatic rings. The van der Waals surface area contributed by atoms with Gasteiger partial charge in [0.2, 0.25) is 10.0 Å². The van der Waals surface area contributed by atoms with Crippen LogP contribution in [0.1, 0.15) is 18.0 Å². The van der Waals surface area contributed by atoms with E-state index in [-0.39, 0.29) is 6.04 Å². The number of ether oxygens (including phenoxy) is 1. The average molecular weight is 326 g/mol. The fourth-order valence-electron chi connectivity index (χ4n) is 2.27. The van der Waals surface area contributed by atoms with Gasteiger partial charge >= 0.3 is 0 Å². The molecule has 0 saturated carbocycles. The van der Waals surface area contributed by atoms with E-state index in [0.29, 0.717) is 25.7 Å². The second-order valence-electron chi connectivity index (χ2n) is 5.04. The summed E-state index contributed by atoms with van der Waals surface area (Å²) in [5.41, 5.74) is 1.10. The molecule has 0 radical (unpaired) electrons. The third-order valence-electron chi connectivity index (χ3n) is 3.27. The molecular weight excluding hydrogens is 304 g/mol. The van der Waals surface area contributed by atoms with Crippen LogP contribution in [0.4, 0.5) is 0 Å². The first-order valence-electron chi connectivity index (χ1n) is 7.13. The predicted octanol–water partition coefficient (Wildman–Crippen LogP) is 0.224. The molecule has 22 heavy (non-hydrogen) atoms. The molecule has 3 N–H and O–H groups in total. The lowest BCUT2D eigenvalue weighted by molar-refractivity contribution is 0.261. The molecule has 1 aliphatic heterocycles. The Balaban J connectivity index is 1.89. The number of hydrogen-bond donors (Lipinski definition) is 3. The van der Waals surface area contributed by atoms with Gasteiger partial charge in [0.05, 0.1) is 18.9 Å². The van der Waals surface area contributed by atoms with E-state index in [0.717, 1.165) is 24.0 Å². The molecule has 0 aromatic heterocycles. The number of nitrogens with zero attached hydrogens (tertiary/aromatic N) is 1. The molecule has 1 heterocycles. The number of nitrogens with one attached hydrogen (secondary N) is 3. The van der Waals surface area contributed by atoms with Gasteiger partial charge < -0.3 is 15.4 Å². The van der Waals surface area contributed by atoms with Crippen LogP contribution < -0.4 is 20.1 Å². The van der Waals surface area contributed by atoms with Crippen LogP contribution in [0.15, 0.2) is 29.3 Å². The Bertz CT molecular complexity index is 631. The van der Waals surface area contributed by atoms with Gasteiger partial charge in [0.1, 0.15) is 5.75 Å². The number of benzene rings is 1. The van der Waals surface area contributed by atoms with Crippen LogP contribution in [-0.2, 0) is 10.0 Å². The Hall–Kier alpha value is -1.80. The van der Waals surface area contributed by atoms with Gasteiger partial charge in [0.25, 0.3) is 0 Å². The number of fused-ring (bicyclic) bond motifs is 1. The van der Waals surface area contributed by atoms with Gasteiger partial charge in [-0.2, -0.15) is 0 Å². The van der Waals surface area contributed by atoms with Crippen LogP contribution in [0.3, 0.4) is 0 Å². The van der Waals surface area contributed by atoms with Crippen molar-refractivity contribution in [1.29, 1.82) is 0 Å². The second kappa shape index (κ2) is 7.46. The zero-order chi connectivity index (χ0) is 16.0. The lowest BCUT2D eigenvalue weighted by atomic mass is 10.0. The molecule has 8 heteroatoms. The molecule has 0 spiro atoms. The van der Waals surface area contributed by atoms with Crippen molar-refractivity contribution >= 4 is 16.0 Å². The summed E-state index contributed by atoms with van der Waals surface area (Å²) in [5.74, 6) is 1.53. The monoisotopic (exact) mass is 326 g/mol. The van der Waals surface area contributed by atoms with Crippen LogP contribution in [0.2, 0.25) is 0 Å². The lowest BCUT2D eigenvalue weighted by Crippen LogP contribution is -2.43. The largest absolute Gasteiger partial charge is 0.493 e. The third-order valence-corrected chi connectivity index (χ3v) is 4.00. The maximum atomic E-state index is 11.0. The summed E-state index contributed by atoms with van der Waals surface area (Å²) in [6.45, 7) is 1.42. The maximum Gasteiger partial charge on any atom is 0.208 e. The number of rotatable bonds is 5. The number of para-hydroxylation sites is 1. The van der Waals surface area contributed by atoms with E-state index >= 15 is 0 Å². The number of hydrogen-bond acceptors (Lipinski definition) is 4. The Morgan fingerprint density at radius 1 is 1.36 bits per heavy atom. The molecule has 0 aliphatic carbocycles. The highest BCUT2D eigenvalue weighted by atomic mass is 32.2. The zero-order valence-corrected chi connectivity index (χ0v) is 13.6. The van der Waals surface area contributed by atoms with Crippen molar-refractivity contribution in [1.82, 2.24) is 15.4 Å². The van der Waals surface area contributed by atoms with Crippen molar-refractivity contribution in [3.63, 3.8) is 0 Å². The Kier molecular flexibility index (Phi) is 5.62. The summed E-state index contributed by atoms with van der Waals surface area (Å²) in [4.78, 5) is 4.17. The number of sulfonamides is 1. The van der Waals surface area contributed by atoms with Crippen LogP contribution in [0.5, 0.6) is 5.75 Å². The van der Waals surface area contributed by atoms with Crippen molar-refractivity contribution in [2.24, 2.45) is 4.99 Å². The van der Waals surface area contributed by atoms with Crippen LogP contribution in [0, 0.1) is 0 Å². The standard InChI is InChI=1S/C14H22N4O3S/c1-15-14(16-8-9-17-22(2,19)20)18-12-7-10-21-13-6-4-3-5-11(12)13/h3-6,12,17H,7-10H2,1-2H3,(H2,15,16,18). The summed E-state index contributed by atoms with van der Waals surface area (Å²) in [5, 5.41) is 6.43. The molecule has 1 atom stereocenters. The van der Waals surface area contributed by atoms with Crippen LogP contribution in [-0.4, -0.2) is 47.4 Å². The summed E-state index contributed by atoms with van der Waals surface area (Å²) in [6.07, 6.45) is 1.98. The van der Waals surface area contributed by atoms with E-state index < -0.39 is 10.0 Å². The fraction of sp³-hybridized carbons (Fsp3) is 0.500. The van der Waals surface area contributed by atoms with Crippen molar-refractivity contribution in [2.75, 3.05) is 33.0 Å². The van der Waals surface area contributed by atoms with Gasteiger partial charge in [-0.25, -0.2) is 13.1 Å². The number of guanidine groups is 1. The zero-order valence-electron chi connectivity index (χ0n) is 12.8. The normalized spacial score (nSPS) is 18.3. The first kappa shape index (κ1) is 16.6. The number of aliphatic imine (C=N–C) groups is 1. The van der Waals surface area contributed by atoms with E-state index in [1.807, 2.05) is 24.3 Å². The molecule has 2 rings (SSSR count). The Morgan fingerprint density at radius 2 is 2.14 bits per heavy atom. The Morgan fingerprint density at radius 3 is 2.86 bits per heavy atom. The van der Waals surface area contributed by atoms with Gasteiger partial charge in [0, 0.05) is 32.1 Å². The third kappa shape index (κ3) is 4.88. The Labute approximate surface area is 131 Å². The SMILES string of the molecule is CN=C(NCCNS(C)(=O)=O)NC1CCOc2ccccc21. The molecule has 0 fully saturated rings. The molecule has 0 bridgehead atoms. The van der Waals surface area contributed by atoms with Gasteiger partial charge in [-0.1, -0.05) is 18.2 Å². The van der Waals surface area contributed by atoms with E-state index in [1.165, 1.54) is 0 Å². The minimum absolute atomic E-state index is 0.124. The molecule has 7 nitrogen and oxygen atoms in total. The molecule has 1 unspecified atom stereocenters. The molecule has 0 amide bonds. The van der Waals surface area contributed by atoms with E-state index in [2.05, 4.69) is 20.3 Å². The molecule has 1 aromatic carbocycles. The summed E-state index contributed by atoms with van der Waals surface area (Å²) < 4.78 is 30.1. The van der Waals surface area contributed by atoms with Gasteiger partial charge in [0.15, 0.2) is 5.96 Å². The quantitative estimate of drug-likeness (QED) is 0.409. The highest BCUT2D eigenvalue weighted by Gasteiger charge is 2.21. The topological polar surface area (TPSA) is 91.8 Å². The van der Waals surface area contributed by atoms with E-state index in [1.54, 1.807) is 7.05 Å². The molecule has 122 valence electrons. The van der Waals surface area contributed by atoms with E-state index in [9.17, 15) is 8.42 Å². The fourth-order valence-corrected chi connectivity index (χ4v) is 2.74. The lowest BCUT2D eigenvalue weighted by Gasteiger charge is -2.28. The smallest absolute Gasteiger partial charge is 0.208 e. The first-order chi connectivity index (χ1) is 10.5. The van der Waals surface area contributed by atoms with Crippen LogP contribution in [0.25, 0.3) is 0 Å².